The van der Waals surface area contributed by atoms with Gasteiger partial charge in [0.05, 0.1) is 16.7 Å². The zero-order valence-corrected chi connectivity index (χ0v) is 18.9. The monoisotopic (exact) mass is 486 g/mol. The maximum atomic E-state index is 13.1. The van der Waals surface area contributed by atoms with Gasteiger partial charge in [0.1, 0.15) is 11.5 Å². The van der Waals surface area contributed by atoms with E-state index in [2.05, 4.69) is 10.6 Å². The standard InChI is InChI=1S/C22H19ClN4O5S/c23-13-5-7-14(8-6-13)24-21(30)20-16-3-1-2-4-17(16)33-22(20)25-18(28)12-26-11-15(27(31)32)9-10-19(26)29/h5-11H,1-4,12H2,(H,24,30)(H,25,28). The molecule has 1 aromatic carbocycles. The van der Waals surface area contributed by atoms with Crippen molar-refractivity contribution in [2.75, 3.05) is 10.6 Å². The number of hydrogen-bond donors (Lipinski definition) is 2. The van der Waals surface area contributed by atoms with Crippen molar-refractivity contribution in [1.82, 2.24) is 4.57 Å². The Bertz CT molecular complexity index is 1300. The predicted molar refractivity (Wildman–Crippen MR) is 126 cm³/mol. The van der Waals surface area contributed by atoms with E-state index >= 15 is 0 Å². The summed E-state index contributed by atoms with van der Waals surface area (Å²) >= 11 is 7.25. The predicted octanol–water partition coefficient (Wildman–Crippen LogP) is 4.24. The molecule has 9 nitrogen and oxygen atoms in total. The highest BCUT2D eigenvalue weighted by atomic mass is 35.5. The average molecular weight is 487 g/mol. The number of fused-ring (bicyclic) bond motifs is 1. The zero-order valence-electron chi connectivity index (χ0n) is 17.3. The number of nitrogens with one attached hydrogen (secondary N) is 2. The van der Waals surface area contributed by atoms with Crippen LogP contribution >= 0.6 is 22.9 Å². The number of thiophene rings is 1. The van der Waals surface area contributed by atoms with Crippen molar-refractivity contribution >= 4 is 51.1 Å². The Morgan fingerprint density at radius 1 is 1.09 bits per heavy atom. The van der Waals surface area contributed by atoms with Gasteiger partial charge in [-0.15, -0.1) is 11.3 Å². The van der Waals surface area contributed by atoms with E-state index in [0.29, 0.717) is 21.3 Å². The Hall–Kier alpha value is -3.50. The third-order valence-electron chi connectivity index (χ3n) is 5.25. The summed E-state index contributed by atoms with van der Waals surface area (Å²) in [4.78, 5) is 49.3. The minimum absolute atomic E-state index is 0.294. The number of hydrogen-bond acceptors (Lipinski definition) is 6. The van der Waals surface area contributed by atoms with Crippen LogP contribution in [0.25, 0.3) is 0 Å². The van der Waals surface area contributed by atoms with Crippen molar-refractivity contribution in [3.8, 4) is 0 Å². The zero-order chi connectivity index (χ0) is 23.5. The number of amides is 2. The number of nitrogens with zero attached hydrogens (tertiary/aromatic N) is 2. The summed E-state index contributed by atoms with van der Waals surface area (Å²) < 4.78 is 0.967. The first-order valence-corrected chi connectivity index (χ1v) is 11.4. The molecule has 0 atom stereocenters. The van der Waals surface area contributed by atoms with Crippen molar-refractivity contribution in [2.24, 2.45) is 0 Å². The number of benzene rings is 1. The molecule has 0 unspecified atom stereocenters. The van der Waals surface area contributed by atoms with Gasteiger partial charge < -0.3 is 10.6 Å². The quantitative estimate of drug-likeness (QED) is 0.398. The Kier molecular flexibility index (Phi) is 6.57. The van der Waals surface area contributed by atoms with E-state index < -0.39 is 22.9 Å². The van der Waals surface area contributed by atoms with Crippen LogP contribution in [0.4, 0.5) is 16.4 Å². The maximum absolute atomic E-state index is 13.1. The minimum Gasteiger partial charge on any atom is -0.322 e. The molecule has 0 spiro atoms. The van der Waals surface area contributed by atoms with Crippen LogP contribution in [0.15, 0.2) is 47.4 Å². The second kappa shape index (κ2) is 9.55. The van der Waals surface area contributed by atoms with Crippen LogP contribution in [0.3, 0.4) is 0 Å². The fourth-order valence-corrected chi connectivity index (χ4v) is 5.12. The number of carbonyl (C=O) groups is 2. The molecule has 0 saturated heterocycles. The van der Waals surface area contributed by atoms with Crippen LogP contribution in [0, 0.1) is 10.1 Å². The van der Waals surface area contributed by atoms with Crippen LogP contribution in [0.1, 0.15) is 33.6 Å². The lowest BCUT2D eigenvalue weighted by molar-refractivity contribution is -0.385. The highest BCUT2D eigenvalue weighted by molar-refractivity contribution is 7.17. The Morgan fingerprint density at radius 2 is 1.82 bits per heavy atom. The summed E-state index contributed by atoms with van der Waals surface area (Å²) in [6.45, 7) is -0.415. The molecule has 0 aliphatic heterocycles. The van der Waals surface area contributed by atoms with Gasteiger partial charge in [0.25, 0.3) is 17.2 Å². The molecule has 11 heteroatoms. The molecule has 2 heterocycles. The average Bonchev–Trinajstić information content (AvgIpc) is 3.14. The molecule has 33 heavy (non-hydrogen) atoms. The van der Waals surface area contributed by atoms with E-state index in [1.807, 2.05) is 0 Å². The molecule has 4 rings (SSSR count). The second-order valence-electron chi connectivity index (χ2n) is 7.53. The molecule has 170 valence electrons. The molecule has 1 aliphatic carbocycles. The van der Waals surface area contributed by atoms with Crippen molar-refractivity contribution in [3.05, 3.63) is 84.1 Å². The number of nitro groups is 1. The third-order valence-corrected chi connectivity index (χ3v) is 6.71. The highest BCUT2D eigenvalue weighted by Gasteiger charge is 2.26. The van der Waals surface area contributed by atoms with Crippen LogP contribution in [-0.2, 0) is 24.2 Å². The number of pyridine rings is 1. The van der Waals surface area contributed by atoms with E-state index in [9.17, 15) is 24.5 Å². The summed E-state index contributed by atoms with van der Waals surface area (Å²) in [5.74, 6) is -0.906. The Balaban J connectivity index is 1.59. The molecular formula is C22H19ClN4O5S. The van der Waals surface area contributed by atoms with Crippen LogP contribution in [-0.4, -0.2) is 21.3 Å². The van der Waals surface area contributed by atoms with Gasteiger partial charge in [-0.05, 0) is 55.5 Å². The number of anilines is 2. The van der Waals surface area contributed by atoms with Crippen LogP contribution in [0.5, 0.6) is 0 Å². The maximum Gasteiger partial charge on any atom is 0.285 e. The lowest BCUT2D eigenvalue weighted by Crippen LogP contribution is -2.27. The first-order chi connectivity index (χ1) is 15.8. The highest BCUT2D eigenvalue weighted by Crippen LogP contribution is 2.38. The number of halogens is 1. The summed E-state index contributed by atoms with van der Waals surface area (Å²) in [5.41, 5.74) is 1.06. The van der Waals surface area contributed by atoms with Crippen molar-refractivity contribution in [1.29, 1.82) is 0 Å². The first-order valence-electron chi connectivity index (χ1n) is 10.2. The number of aromatic nitrogens is 1. The molecule has 2 amide bonds. The summed E-state index contributed by atoms with van der Waals surface area (Å²) in [6.07, 6.45) is 4.52. The largest absolute Gasteiger partial charge is 0.322 e. The molecule has 2 N–H and O–H groups in total. The molecule has 0 radical (unpaired) electrons. The molecule has 0 bridgehead atoms. The van der Waals surface area contributed by atoms with Gasteiger partial charge in [0.2, 0.25) is 5.91 Å². The second-order valence-corrected chi connectivity index (χ2v) is 9.08. The smallest absolute Gasteiger partial charge is 0.285 e. The number of aryl methyl sites for hydroxylation is 1. The summed E-state index contributed by atoms with van der Waals surface area (Å²) in [5, 5.41) is 17.5. The Labute approximate surface area is 197 Å². The van der Waals surface area contributed by atoms with E-state index in [0.717, 1.165) is 59.0 Å². The van der Waals surface area contributed by atoms with Gasteiger partial charge in [-0.25, -0.2) is 0 Å². The van der Waals surface area contributed by atoms with Gasteiger partial charge in [-0.3, -0.25) is 29.1 Å². The fraction of sp³-hybridized carbons (Fsp3) is 0.227. The summed E-state index contributed by atoms with van der Waals surface area (Å²) in [7, 11) is 0. The number of carbonyl (C=O) groups excluding carboxylic acids is 2. The molecule has 0 saturated carbocycles. The normalized spacial score (nSPS) is 12.6. The topological polar surface area (TPSA) is 123 Å². The molecule has 2 aromatic heterocycles. The summed E-state index contributed by atoms with van der Waals surface area (Å²) in [6, 6.07) is 8.83. The fourth-order valence-electron chi connectivity index (χ4n) is 3.69. The number of rotatable bonds is 6. The first kappa shape index (κ1) is 22.7. The molecule has 3 aromatic rings. The van der Waals surface area contributed by atoms with Gasteiger partial charge in [-0.1, -0.05) is 11.6 Å². The lowest BCUT2D eigenvalue weighted by atomic mass is 9.95. The van der Waals surface area contributed by atoms with E-state index in [1.54, 1.807) is 24.3 Å². The SMILES string of the molecule is O=C(Cn1cc([N+](=O)[O-])ccc1=O)Nc1sc2c(c1C(=O)Nc1ccc(Cl)cc1)CCCC2. The molecular weight excluding hydrogens is 468 g/mol. The van der Waals surface area contributed by atoms with Gasteiger partial charge in [0.15, 0.2) is 0 Å². The Morgan fingerprint density at radius 3 is 2.55 bits per heavy atom. The van der Waals surface area contributed by atoms with Crippen LogP contribution in [0.2, 0.25) is 5.02 Å². The van der Waals surface area contributed by atoms with Crippen LogP contribution < -0.4 is 16.2 Å². The molecule has 1 aliphatic rings. The van der Waals surface area contributed by atoms with E-state index in [-0.39, 0.29) is 11.6 Å². The van der Waals surface area contributed by atoms with Crippen molar-refractivity contribution in [2.45, 2.75) is 32.2 Å². The van der Waals surface area contributed by atoms with Gasteiger partial charge in [-0.2, -0.15) is 0 Å². The van der Waals surface area contributed by atoms with Crippen molar-refractivity contribution in [3.63, 3.8) is 0 Å². The third kappa shape index (κ3) is 5.12. The van der Waals surface area contributed by atoms with Crippen molar-refractivity contribution < 1.29 is 14.5 Å². The minimum atomic E-state index is -0.639. The van der Waals surface area contributed by atoms with E-state index in [1.165, 1.54) is 11.3 Å². The van der Waals surface area contributed by atoms with Gasteiger partial charge in [0, 0.05) is 27.7 Å². The van der Waals surface area contributed by atoms with E-state index in [4.69, 9.17) is 11.6 Å². The van der Waals surface area contributed by atoms with Gasteiger partial charge >= 0.3 is 0 Å². The lowest BCUT2D eigenvalue weighted by Gasteiger charge is -2.13. The molecule has 0 fully saturated rings.